The first kappa shape index (κ1) is 15.3. The average Bonchev–Trinajstić information content (AvgIpc) is 2.67. The summed E-state index contributed by atoms with van der Waals surface area (Å²) < 4.78 is 25.8. The monoisotopic (exact) mass is 338 g/mol. The lowest BCUT2D eigenvalue weighted by Crippen LogP contribution is -2.10. The van der Waals surface area contributed by atoms with E-state index in [2.05, 4.69) is 20.5 Å². The van der Waals surface area contributed by atoms with Crippen molar-refractivity contribution in [1.82, 2.24) is 15.2 Å². The van der Waals surface area contributed by atoms with Gasteiger partial charge >= 0.3 is 0 Å². The number of hydrogen-bond donors (Lipinski definition) is 1. The molecule has 1 aliphatic heterocycles. The van der Waals surface area contributed by atoms with E-state index < -0.39 is 0 Å². The van der Waals surface area contributed by atoms with Crippen LogP contribution < -0.4 is 14.8 Å². The van der Waals surface area contributed by atoms with Gasteiger partial charge in [0.05, 0.1) is 13.3 Å². The highest BCUT2D eigenvalue weighted by molar-refractivity contribution is 5.78. The molecule has 0 unspecified atom stereocenters. The second-order valence-corrected chi connectivity index (χ2v) is 5.53. The fourth-order valence-corrected chi connectivity index (χ4v) is 2.87. The number of rotatable bonds is 3. The molecule has 0 saturated heterocycles. The fourth-order valence-electron chi connectivity index (χ4n) is 2.87. The number of ether oxygens (including phenoxy) is 2. The first-order valence-corrected chi connectivity index (χ1v) is 7.71. The van der Waals surface area contributed by atoms with Crippen LogP contribution in [0.25, 0.3) is 22.3 Å². The van der Waals surface area contributed by atoms with E-state index >= 15 is 4.39 Å². The molecule has 4 rings (SSSR count). The summed E-state index contributed by atoms with van der Waals surface area (Å²) >= 11 is 0. The summed E-state index contributed by atoms with van der Waals surface area (Å²) in [5, 5.41) is 10.6. The highest BCUT2D eigenvalue weighted by Gasteiger charge is 2.24. The van der Waals surface area contributed by atoms with Gasteiger partial charge in [0.2, 0.25) is 11.8 Å². The van der Waals surface area contributed by atoms with E-state index in [4.69, 9.17) is 9.47 Å². The lowest BCUT2D eigenvalue weighted by Gasteiger charge is -2.22. The summed E-state index contributed by atoms with van der Waals surface area (Å²) in [5.74, 6) is 1.20. The number of nitrogens with one attached hydrogen (secondary N) is 1. The Morgan fingerprint density at radius 1 is 1.16 bits per heavy atom. The standard InChI is InChI=1S/C18H15FN4O2/c1-20-15-6-5-13-12-4-3-11(10-7-16(24-2)23-21-8-10)17(19)14(12)9-25-18(13)22-15/h3-8H,9H2,1-2H3,(H,20,22). The van der Waals surface area contributed by atoms with Gasteiger partial charge in [-0.25, -0.2) is 4.39 Å². The molecular weight excluding hydrogens is 323 g/mol. The fraction of sp³-hybridized carbons (Fsp3) is 0.167. The molecule has 0 saturated carbocycles. The molecule has 0 atom stereocenters. The van der Waals surface area contributed by atoms with Crippen molar-refractivity contribution >= 4 is 5.82 Å². The second kappa shape index (κ2) is 6.01. The zero-order valence-electron chi connectivity index (χ0n) is 13.7. The number of benzene rings is 1. The van der Waals surface area contributed by atoms with E-state index in [-0.39, 0.29) is 12.4 Å². The number of fused-ring (bicyclic) bond motifs is 3. The highest BCUT2D eigenvalue weighted by atomic mass is 19.1. The number of hydrogen-bond acceptors (Lipinski definition) is 6. The van der Waals surface area contributed by atoms with Gasteiger partial charge in [-0.1, -0.05) is 12.1 Å². The smallest absolute Gasteiger partial charge is 0.233 e. The molecule has 25 heavy (non-hydrogen) atoms. The predicted molar refractivity (Wildman–Crippen MR) is 91.1 cm³/mol. The van der Waals surface area contributed by atoms with E-state index in [0.717, 1.165) is 11.1 Å². The quantitative estimate of drug-likeness (QED) is 0.790. The first-order chi connectivity index (χ1) is 12.2. The number of aromatic nitrogens is 3. The SMILES string of the molecule is CNc1ccc2c(n1)OCc1c-2ccc(-c2cnnc(OC)c2)c1F. The van der Waals surface area contributed by atoms with Crippen molar-refractivity contribution in [2.24, 2.45) is 0 Å². The minimum Gasteiger partial charge on any atom is -0.480 e. The Morgan fingerprint density at radius 2 is 1.96 bits per heavy atom. The van der Waals surface area contributed by atoms with Gasteiger partial charge in [-0.15, -0.1) is 5.10 Å². The van der Waals surface area contributed by atoms with E-state index in [9.17, 15) is 0 Å². The number of pyridine rings is 1. The van der Waals surface area contributed by atoms with Crippen LogP contribution in [0.3, 0.4) is 0 Å². The molecule has 0 bridgehead atoms. The van der Waals surface area contributed by atoms with Crippen LogP contribution in [-0.2, 0) is 6.61 Å². The maximum Gasteiger partial charge on any atom is 0.233 e. The van der Waals surface area contributed by atoms with Crippen molar-refractivity contribution in [2.75, 3.05) is 19.5 Å². The average molecular weight is 338 g/mol. The highest BCUT2D eigenvalue weighted by Crippen LogP contribution is 2.40. The summed E-state index contributed by atoms with van der Waals surface area (Å²) in [4.78, 5) is 4.37. The summed E-state index contributed by atoms with van der Waals surface area (Å²) in [6.45, 7) is 0.123. The number of halogens is 1. The number of nitrogens with zero attached hydrogens (tertiary/aromatic N) is 3. The van der Waals surface area contributed by atoms with Gasteiger partial charge < -0.3 is 14.8 Å². The van der Waals surface area contributed by atoms with E-state index in [0.29, 0.717) is 34.3 Å². The summed E-state index contributed by atoms with van der Waals surface area (Å²) in [6.07, 6.45) is 1.51. The molecule has 0 fully saturated rings. The Labute approximate surface area is 143 Å². The van der Waals surface area contributed by atoms with Crippen molar-refractivity contribution < 1.29 is 13.9 Å². The van der Waals surface area contributed by atoms with E-state index in [1.165, 1.54) is 13.3 Å². The molecule has 1 aromatic carbocycles. The topological polar surface area (TPSA) is 69.2 Å². The Kier molecular flexibility index (Phi) is 3.68. The van der Waals surface area contributed by atoms with Crippen LogP contribution in [0.15, 0.2) is 36.5 Å². The third-order valence-electron chi connectivity index (χ3n) is 4.16. The molecular formula is C18H15FN4O2. The molecule has 7 heteroatoms. The summed E-state index contributed by atoms with van der Waals surface area (Å²) in [6, 6.07) is 8.97. The molecule has 3 heterocycles. The van der Waals surface area contributed by atoms with Crippen LogP contribution in [0.5, 0.6) is 11.8 Å². The zero-order valence-corrected chi connectivity index (χ0v) is 13.7. The molecule has 126 valence electrons. The third-order valence-corrected chi connectivity index (χ3v) is 4.16. The second-order valence-electron chi connectivity index (χ2n) is 5.53. The Bertz CT molecular complexity index is 962. The lowest BCUT2D eigenvalue weighted by atomic mass is 9.94. The third kappa shape index (κ3) is 2.53. The number of anilines is 1. The van der Waals surface area contributed by atoms with Crippen molar-refractivity contribution in [2.45, 2.75) is 6.61 Å². The minimum atomic E-state index is -0.337. The van der Waals surface area contributed by atoms with Crippen LogP contribution in [0.4, 0.5) is 10.2 Å². The van der Waals surface area contributed by atoms with Crippen LogP contribution in [0, 0.1) is 5.82 Å². The molecule has 1 N–H and O–H groups in total. The van der Waals surface area contributed by atoms with Gasteiger partial charge in [-0.05, 0) is 17.7 Å². The lowest BCUT2D eigenvalue weighted by molar-refractivity contribution is 0.284. The molecule has 3 aromatic rings. The molecule has 2 aromatic heterocycles. The van der Waals surface area contributed by atoms with Crippen LogP contribution in [-0.4, -0.2) is 29.3 Å². The Balaban J connectivity index is 1.83. The first-order valence-electron chi connectivity index (χ1n) is 7.71. The van der Waals surface area contributed by atoms with E-state index in [1.54, 1.807) is 19.2 Å². The van der Waals surface area contributed by atoms with Gasteiger partial charge in [-0.3, -0.25) is 0 Å². The maximum absolute atomic E-state index is 15.1. The molecule has 0 spiro atoms. The van der Waals surface area contributed by atoms with Crippen LogP contribution in [0.2, 0.25) is 0 Å². The van der Waals surface area contributed by atoms with Gasteiger partial charge in [0, 0.05) is 35.4 Å². The van der Waals surface area contributed by atoms with E-state index in [1.807, 2.05) is 18.2 Å². The Hall–Kier alpha value is -3.22. The van der Waals surface area contributed by atoms with Crippen LogP contribution >= 0.6 is 0 Å². The molecule has 1 aliphatic rings. The van der Waals surface area contributed by atoms with Crippen molar-refractivity contribution in [1.29, 1.82) is 0 Å². The van der Waals surface area contributed by atoms with Gasteiger partial charge in [0.1, 0.15) is 18.2 Å². The van der Waals surface area contributed by atoms with Gasteiger partial charge in [-0.2, -0.15) is 10.1 Å². The number of methoxy groups -OCH3 is 1. The predicted octanol–water partition coefficient (Wildman–Crippen LogP) is 3.29. The summed E-state index contributed by atoms with van der Waals surface area (Å²) in [7, 11) is 3.28. The van der Waals surface area contributed by atoms with Gasteiger partial charge in [0.15, 0.2) is 0 Å². The Morgan fingerprint density at radius 3 is 2.76 bits per heavy atom. The van der Waals surface area contributed by atoms with Crippen molar-refractivity contribution in [3.63, 3.8) is 0 Å². The summed E-state index contributed by atoms with van der Waals surface area (Å²) in [5.41, 5.74) is 3.09. The molecule has 0 amide bonds. The van der Waals surface area contributed by atoms with Crippen molar-refractivity contribution in [3.05, 3.63) is 47.9 Å². The molecule has 6 nitrogen and oxygen atoms in total. The van der Waals surface area contributed by atoms with Crippen LogP contribution in [0.1, 0.15) is 5.56 Å². The molecule has 0 aliphatic carbocycles. The molecule has 0 radical (unpaired) electrons. The minimum absolute atomic E-state index is 0.123. The maximum atomic E-state index is 15.1. The normalized spacial score (nSPS) is 12.0. The largest absolute Gasteiger partial charge is 0.480 e. The van der Waals surface area contributed by atoms with Crippen molar-refractivity contribution in [3.8, 4) is 34.0 Å². The zero-order chi connectivity index (χ0) is 17.4. The van der Waals surface area contributed by atoms with Gasteiger partial charge in [0.25, 0.3) is 0 Å².